The molecule has 0 bridgehead atoms. The maximum absolute atomic E-state index is 13.1. The molecule has 1 saturated heterocycles. The van der Waals surface area contributed by atoms with Gasteiger partial charge in [0.05, 0.1) is 0 Å². The van der Waals surface area contributed by atoms with Crippen molar-refractivity contribution in [3.8, 4) is 0 Å². The Balaban J connectivity index is 1.84. The number of rotatable bonds is 2. The molecule has 1 aromatic carbocycles. The van der Waals surface area contributed by atoms with E-state index in [1.165, 1.54) is 31.4 Å². The van der Waals surface area contributed by atoms with Crippen LogP contribution in [0.5, 0.6) is 0 Å². The van der Waals surface area contributed by atoms with Gasteiger partial charge in [0.1, 0.15) is 5.82 Å². The SMILES string of the molecule is CCC1CNC2(CCCC2)CN1c1ccc(F)cc1. The van der Waals surface area contributed by atoms with Gasteiger partial charge < -0.3 is 10.2 Å². The first kappa shape index (κ1) is 12.9. The van der Waals surface area contributed by atoms with E-state index in [-0.39, 0.29) is 5.82 Å². The van der Waals surface area contributed by atoms with Gasteiger partial charge in [-0.05, 0) is 43.5 Å². The van der Waals surface area contributed by atoms with Crippen molar-refractivity contribution in [2.24, 2.45) is 0 Å². The average molecular weight is 262 g/mol. The molecule has 2 aliphatic rings. The molecule has 1 N–H and O–H groups in total. The van der Waals surface area contributed by atoms with E-state index in [0.717, 1.165) is 19.5 Å². The van der Waals surface area contributed by atoms with Crippen LogP contribution >= 0.6 is 0 Å². The van der Waals surface area contributed by atoms with E-state index in [9.17, 15) is 4.39 Å². The van der Waals surface area contributed by atoms with Crippen LogP contribution in [0, 0.1) is 5.82 Å². The number of halogens is 1. The summed E-state index contributed by atoms with van der Waals surface area (Å²) in [5, 5.41) is 3.79. The number of anilines is 1. The topological polar surface area (TPSA) is 15.3 Å². The Hall–Kier alpha value is -1.09. The highest BCUT2D eigenvalue weighted by Crippen LogP contribution is 2.35. The van der Waals surface area contributed by atoms with Crippen LogP contribution in [0.2, 0.25) is 0 Å². The third-order valence-corrected chi connectivity index (χ3v) is 4.82. The van der Waals surface area contributed by atoms with Gasteiger partial charge in [-0.1, -0.05) is 19.8 Å². The molecule has 1 aromatic rings. The van der Waals surface area contributed by atoms with E-state index in [4.69, 9.17) is 0 Å². The maximum atomic E-state index is 13.1. The first-order valence-corrected chi connectivity index (χ1v) is 7.50. The van der Waals surface area contributed by atoms with E-state index in [2.05, 4.69) is 17.1 Å². The van der Waals surface area contributed by atoms with Crippen LogP contribution in [-0.4, -0.2) is 24.7 Å². The second kappa shape index (κ2) is 5.12. The molecule has 1 unspecified atom stereocenters. The summed E-state index contributed by atoms with van der Waals surface area (Å²) in [7, 11) is 0. The molecule has 1 heterocycles. The summed E-state index contributed by atoms with van der Waals surface area (Å²) < 4.78 is 13.1. The Morgan fingerprint density at radius 1 is 1.26 bits per heavy atom. The Morgan fingerprint density at radius 3 is 2.58 bits per heavy atom. The number of hydrogen-bond donors (Lipinski definition) is 1. The molecule has 1 atom stereocenters. The smallest absolute Gasteiger partial charge is 0.123 e. The normalized spacial score (nSPS) is 26.0. The average Bonchev–Trinajstić information content (AvgIpc) is 2.88. The summed E-state index contributed by atoms with van der Waals surface area (Å²) in [5.74, 6) is -0.150. The highest BCUT2D eigenvalue weighted by atomic mass is 19.1. The van der Waals surface area contributed by atoms with E-state index < -0.39 is 0 Å². The van der Waals surface area contributed by atoms with Crippen molar-refractivity contribution in [1.82, 2.24) is 5.32 Å². The van der Waals surface area contributed by atoms with Crippen molar-refractivity contribution >= 4 is 5.69 Å². The van der Waals surface area contributed by atoms with Gasteiger partial charge in [-0.2, -0.15) is 0 Å². The van der Waals surface area contributed by atoms with Crippen molar-refractivity contribution in [3.05, 3.63) is 30.1 Å². The third-order valence-electron chi connectivity index (χ3n) is 4.82. The second-order valence-corrected chi connectivity index (χ2v) is 6.03. The van der Waals surface area contributed by atoms with Gasteiger partial charge in [-0.3, -0.25) is 0 Å². The molecular formula is C16H23FN2. The van der Waals surface area contributed by atoms with Gasteiger partial charge in [0.15, 0.2) is 0 Å². The number of piperazine rings is 1. The predicted molar refractivity (Wildman–Crippen MR) is 77.0 cm³/mol. The van der Waals surface area contributed by atoms with Crippen LogP contribution in [0.25, 0.3) is 0 Å². The first-order valence-electron chi connectivity index (χ1n) is 7.50. The fourth-order valence-corrected chi connectivity index (χ4v) is 3.64. The van der Waals surface area contributed by atoms with E-state index in [1.54, 1.807) is 12.1 Å². The number of nitrogens with one attached hydrogen (secondary N) is 1. The molecule has 3 rings (SSSR count). The van der Waals surface area contributed by atoms with Gasteiger partial charge in [-0.25, -0.2) is 4.39 Å². The zero-order valence-electron chi connectivity index (χ0n) is 11.7. The molecule has 1 spiro atoms. The summed E-state index contributed by atoms with van der Waals surface area (Å²) in [6, 6.07) is 7.52. The fourth-order valence-electron chi connectivity index (χ4n) is 3.64. The molecule has 0 amide bonds. The summed E-state index contributed by atoms with van der Waals surface area (Å²) in [6.07, 6.45) is 6.35. The van der Waals surface area contributed by atoms with Crippen molar-refractivity contribution < 1.29 is 4.39 Å². The van der Waals surface area contributed by atoms with Crippen LogP contribution in [0.15, 0.2) is 24.3 Å². The lowest BCUT2D eigenvalue weighted by Crippen LogP contribution is -2.63. The van der Waals surface area contributed by atoms with Gasteiger partial charge in [0, 0.05) is 30.4 Å². The summed E-state index contributed by atoms with van der Waals surface area (Å²) in [5.41, 5.74) is 1.47. The molecular weight excluding hydrogens is 239 g/mol. The minimum Gasteiger partial charge on any atom is -0.365 e. The molecule has 104 valence electrons. The minimum absolute atomic E-state index is 0.150. The lowest BCUT2D eigenvalue weighted by atomic mass is 9.91. The van der Waals surface area contributed by atoms with Crippen molar-refractivity contribution in [1.29, 1.82) is 0 Å². The standard InChI is InChI=1S/C16H23FN2/c1-2-14-11-18-16(9-3-4-10-16)12-19(14)15-7-5-13(17)6-8-15/h5-8,14,18H,2-4,9-12H2,1H3. The molecule has 1 saturated carbocycles. The van der Waals surface area contributed by atoms with E-state index in [1.807, 2.05) is 12.1 Å². The second-order valence-electron chi connectivity index (χ2n) is 6.03. The molecule has 2 nitrogen and oxygen atoms in total. The molecule has 1 aliphatic carbocycles. The zero-order valence-corrected chi connectivity index (χ0v) is 11.7. The maximum Gasteiger partial charge on any atom is 0.123 e. The first-order chi connectivity index (χ1) is 9.22. The van der Waals surface area contributed by atoms with Crippen molar-refractivity contribution in [2.75, 3.05) is 18.0 Å². The van der Waals surface area contributed by atoms with Crippen molar-refractivity contribution in [3.63, 3.8) is 0 Å². The largest absolute Gasteiger partial charge is 0.365 e. The predicted octanol–water partition coefficient (Wildman–Crippen LogP) is 3.33. The van der Waals surface area contributed by atoms with E-state index in [0.29, 0.717) is 11.6 Å². The van der Waals surface area contributed by atoms with Gasteiger partial charge in [0.25, 0.3) is 0 Å². The highest BCUT2D eigenvalue weighted by Gasteiger charge is 2.40. The number of hydrogen-bond acceptors (Lipinski definition) is 2. The molecule has 19 heavy (non-hydrogen) atoms. The fraction of sp³-hybridized carbons (Fsp3) is 0.625. The monoisotopic (exact) mass is 262 g/mol. The molecule has 2 fully saturated rings. The Labute approximate surface area is 115 Å². The molecule has 3 heteroatoms. The Kier molecular flexibility index (Phi) is 3.48. The van der Waals surface area contributed by atoms with Crippen LogP contribution in [-0.2, 0) is 0 Å². The minimum atomic E-state index is -0.150. The van der Waals surface area contributed by atoms with Crippen LogP contribution in [0.1, 0.15) is 39.0 Å². The zero-order chi connectivity index (χ0) is 13.3. The quantitative estimate of drug-likeness (QED) is 0.879. The summed E-state index contributed by atoms with van der Waals surface area (Å²) in [4.78, 5) is 2.49. The Bertz CT molecular complexity index is 423. The lowest BCUT2D eigenvalue weighted by Gasteiger charge is -2.47. The van der Waals surface area contributed by atoms with Crippen LogP contribution in [0.4, 0.5) is 10.1 Å². The Morgan fingerprint density at radius 2 is 1.95 bits per heavy atom. The van der Waals surface area contributed by atoms with E-state index >= 15 is 0 Å². The third kappa shape index (κ3) is 2.48. The summed E-state index contributed by atoms with van der Waals surface area (Å²) >= 11 is 0. The molecule has 0 radical (unpaired) electrons. The van der Waals surface area contributed by atoms with Crippen LogP contribution in [0.3, 0.4) is 0 Å². The highest BCUT2D eigenvalue weighted by molar-refractivity contribution is 5.49. The molecule has 0 aromatic heterocycles. The van der Waals surface area contributed by atoms with Gasteiger partial charge in [0.2, 0.25) is 0 Å². The van der Waals surface area contributed by atoms with Crippen LogP contribution < -0.4 is 10.2 Å². The molecule has 1 aliphatic heterocycles. The number of nitrogens with zero attached hydrogens (tertiary/aromatic N) is 1. The van der Waals surface area contributed by atoms with Gasteiger partial charge >= 0.3 is 0 Å². The number of benzene rings is 1. The lowest BCUT2D eigenvalue weighted by molar-refractivity contribution is 0.267. The van der Waals surface area contributed by atoms with Gasteiger partial charge in [-0.15, -0.1) is 0 Å². The summed E-state index contributed by atoms with van der Waals surface area (Å²) in [6.45, 7) is 4.35. The van der Waals surface area contributed by atoms with Crippen molar-refractivity contribution in [2.45, 2.75) is 50.6 Å².